The molecule has 76 valence electrons. The van der Waals surface area contributed by atoms with E-state index in [1.165, 1.54) is 0 Å². The summed E-state index contributed by atoms with van der Waals surface area (Å²) in [6.45, 7) is 8.13. The number of carbonyl (C=O) groups excluding carboxylic acids is 1. The standard InChI is InChI=1S/C10H19NO2/c1-4-5-9(11)10(12)13-7-6-8(2)3/h4,8-9H,1,5-7,11H2,2-3H3. The molecule has 0 aliphatic heterocycles. The molecule has 0 aromatic rings. The van der Waals surface area contributed by atoms with Crippen LogP contribution in [0.2, 0.25) is 0 Å². The minimum absolute atomic E-state index is 0.333. The summed E-state index contributed by atoms with van der Waals surface area (Å²) in [7, 11) is 0. The Morgan fingerprint density at radius 2 is 2.23 bits per heavy atom. The highest BCUT2D eigenvalue weighted by Gasteiger charge is 2.12. The molecule has 1 atom stereocenters. The molecule has 0 rings (SSSR count). The van der Waals surface area contributed by atoms with Gasteiger partial charge in [-0.05, 0) is 18.8 Å². The first-order chi connectivity index (χ1) is 6.07. The van der Waals surface area contributed by atoms with Crippen LogP contribution in [0.3, 0.4) is 0 Å². The molecule has 13 heavy (non-hydrogen) atoms. The third-order valence-corrected chi connectivity index (χ3v) is 1.66. The van der Waals surface area contributed by atoms with Gasteiger partial charge in [0, 0.05) is 0 Å². The monoisotopic (exact) mass is 185 g/mol. The number of carbonyl (C=O) groups is 1. The maximum Gasteiger partial charge on any atom is 0.323 e. The molecule has 3 nitrogen and oxygen atoms in total. The summed E-state index contributed by atoms with van der Waals surface area (Å²) < 4.78 is 4.96. The zero-order chi connectivity index (χ0) is 10.3. The summed E-state index contributed by atoms with van der Waals surface area (Å²) in [5.74, 6) is 0.212. The molecule has 0 fully saturated rings. The van der Waals surface area contributed by atoms with Crippen LogP contribution < -0.4 is 5.73 Å². The van der Waals surface area contributed by atoms with Gasteiger partial charge in [0.25, 0.3) is 0 Å². The Balaban J connectivity index is 3.55. The average Bonchev–Trinajstić information content (AvgIpc) is 2.04. The molecule has 0 aromatic carbocycles. The molecular weight excluding hydrogens is 166 g/mol. The molecule has 0 spiro atoms. The van der Waals surface area contributed by atoms with Gasteiger partial charge in [-0.15, -0.1) is 6.58 Å². The molecule has 0 saturated heterocycles. The molecule has 3 heteroatoms. The number of nitrogens with two attached hydrogens (primary N) is 1. The maximum absolute atomic E-state index is 11.1. The molecule has 0 aliphatic carbocycles. The van der Waals surface area contributed by atoms with Crippen molar-refractivity contribution in [3.63, 3.8) is 0 Å². The van der Waals surface area contributed by atoms with E-state index in [0.29, 0.717) is 18.9 Å². The lowest BCUT2D eigenvalue weighted by molar-refractivity contribution is -0.145. The van der Waals surface area contributed by atoms with E-state index >= 15 is 0 Å². The van der Waals surface area contributed by atoms with Crippen molar-refractivity contribution < 1.29 is 9.53 Å². The van der Waals surface area contributed by atoms with E-state index in [2.05, 4.69) is 20.4 Å². The van der Waals surface area contributed by atoms with Crippen LogP contribution in [0.15, 0.2) is 12.7 Å². The molecule has 0 aliphatic rings. The summed E-state index contributed by atoms with van der Waals surface area (Å²) in [6.07, 6.45) is 2.97. The van der Waals surface area contributed by atoms with Gasteiger partial charge in [-0.25, -0.2) is 0 Å². The fourth-order valence-electron chi connectivity index (χ4n) is 0.778. The third-order valence-electron chi connectivity index (χ3n) is 1.66. The van der Waals surface area contributed by atoms with E-state index in [1.807, 2.05) is 0 Å². The Kier molecular flexibility index (Phi) is 6.24. The summed E-state index contributed by atoms with van der Waals surface area (Å²) in [5, 5.41) is 0. The van der Waals surface area contributed by atoms with Gasteiger partial charge in [0.15, 0.2) is 0 Å². The van der Waals surface area contributed by atoms with Gasteiger partial charge in [0.2, 0.25) is 0 Å². The first-order valence-electron chi connectivity index (χ1n) is 4.61. The minimum Gasteiger partial charge on any atom is -0.465 e. The molecule has 0 heterocycles. The number of hydrogen-bond acceptors (Lipinski definition) is 3. The zero-order valence-corrected chi connectivity index (χ0v) is 8.45. The predicted octanol–water partition coefficient (Wildman–Crippen LogP) is 1.48. The highest BCUT2D eigenvalue weighted by molar-refractivity contribution is 5.75. The Bertz CT molecular complexity index is 166. The first kappa shape index (κ1) is 12.2. The normalized spacial score (nSPS) is 12.6. The molecular formula is C10H19NO2. The Morgan fingerprint density at radius 3 is 2.69 bits per heavy atom. The van der Waals surface area contributed by atoms with Crippen molar-refractivity contribution in [3.05, 3.63) is 12.7 Å². The summed E-state index contributed by atoms with van der Waals surface area (Å²) in [5.41, 5.74) is 5.50. The van der Waals surface area contributed by atoms with Crippen molar-refractivity contribution in [2.45, 2.75) is 32.7 Å². The van der Waals surface area contributed by atoms with E-state index in [0.717, 1.165) is 6.42 Å². The van der Waals surface area contributed by atoms with Gasteiger partial charge in [-0.1, -0.05) is 19.9 Å². The van der Waals surface area contributed by atoms with Crippen LogP contribution in [0.5, 0.6) is 0 Å². The maximum atomic E-state index is 11.1. The minimum atomic E-state index is -0.551. The predicted molar refractivity (Wildman–Crippen MR) is 53.2 cm³/mol. The summed E-state index contributed by atoms with van der Waals surface area (Å²) >= 11 is 0. The molecule has 0 bridgehead atoms. The Morgan fingerprint density at radius 1 is 1.62 bits per heavy atom. The smallest absolute Gasteiger partial charge is 0.323 e. The van der Waals surface area contributed by atoms with Crippen LogP contribution in [0.25, 0.3) is 0 Å². The topological polar surface area (TPSA) is 52.3 Å². The first-order valence-corrected chi connectivity index (χ1v) is 4.61. The van der Waals surface area contributed by atoms with Gasteiger partial charge in [-0.3, -0.25) is 4.79 Å². The van der Waals surface area contributed by atoms with Gasteiger partial charge in [0.05, 0.1) is 6.61 Å². The molecule has 1 unspecified atom stereocenters. The number of rotatable bonds is 6. The molecule has 0 radical (unpaired) electrons. The molecule has 0 saturated carbocycles. The van der Waals surface area contributed by atoms with Crippen molar-refractivity contribution in [3.8, 4) is 0 Å². The van der Waals surface area contributed by atoms with E-state index in [-0.39, 0.29) is 5.97 Å². The SMILES string of the molecule is C=CCC(N)C(=O)OCCC(C)C. The van der Waals surface area contributed by atoms with Crippen LogP contribution in [-0.4, -0.2) is 18.6 Å². The van der Waals surface area contributed by atoms with Crippen LogP contribution in [0.1, 0.15) is 26.7 Å². The van der Waals surface area contributed by atoms with Crippen LogP contribution >= 0.6 is 0 Å². The fourth-order valence-corrected chi connectivity index (χ4v) is 0.778. The van der Waals surface area contributed by atoms with Crippen LogP contribution in [0, 0.1) is 5.92 Å². The van der Waals surface area contributed by atoms with Crippen molar-refractivity contribution in [1.29, 1.82) is 0 Å². The zero-order valence-electron chi connectivity index (χ0n) is 8.45. The molecule has 0 amide bonds. The number of ether oxygens (including phenoxy) is 1. The van der Waals surface area contributed by atoms with E-state index < -0.39 is 6.04 Å². The lowest BCUT2D eigenvalue weighted by atomic mass is 10.1. The van der Waals surface area contributed by atoms with Gasteiger partial charge in [0.1, 0.15) is 6.04 Å². The van der Waals surface area contributed by atoms with E-state index in [4.69, 9.17) is 10.5 Å². The Labute approximate surface area is 79.9 Å². The third kappa shape index (κ3) is 6.34. The van der Waals surface area contributed by atoms with E-state index in [1.54, 1.807) is 6.08 Å². The van der Waals surface area contributed by atoms with Crippen molar-refractivity contribution in [1.82, 2.24) is 0 Å². The Hall–Kier alpha value is -0.830. The van der Waals surface area contributed by atoms with E-state index in [9.17, 15) is 4.79 Å². The second kappa shape index (κ2) is 6.66. The van der Waals surface area contributed by atoms with Gasteiger partial charge < -0.3 is 10.5 Å². The average molecular weight is 185 g/mol. The second-order valence-electron chi connectivity index (χ2n) is 3.48. The summed E-state index contributed by atoms with van der Waals surface area (Å²) in [4.78, 5) is 11.1. The molecule has 0 aromatic heterocycles. The lowest BCUT2D eigenvalue weighted by Gasteiger charge is -2.10. The molecule has 2 N–H and O–H groups in total. The van der Waals surface area contributed by atoms with Gasteiger partial charge in [-0.2, -0.15) is 0 Å². The number of hydrogen-bond donors (Lipinski definition) is 1. The van der Waals surface area contributed by atoms with Gasteiger partial charge >= 0.3 is 5.97 Å². The highest BCUT2D eigenvalue weighted by atomic mass is 16.5. The van der Waals surface area contributed by atoms with Crippen LogP contribution in [0.4, 0.5) is 0 Å². The van der Waals surface area contributed by atoms with Crippen molar-refractivity contribution in [2.75, 3.05) is 6.61 Å². The number of esters is 1. The van der Waals surface area contributed by atoms with Crippen molar-refractivity contribution in [2.24, 2.45) is 11.7 Å². The fraction of sp³-hybridized carbons (Fsp3) is 0.700. The van der Waals surface area contributed by atoms with Crippen molar-refractivity contribution >= 4 is 5.97 Å². The second-order valence-corrected chi connectivity index (χ2v) is 3.48. The largest absolute Gasteiger partial charge is 0.465 e. The van der Waals surface area contributed by atoms with Crippen LogP contribution in [-0.2, 0) is 9.53 Å². The quantitative estimate of drug-likeness (QED) is 0.503. The highest BCUT2D eigenvalue weighted by Crippen LogP contribution is 2.00. The summed E-state index contributed by atoms with van der Waals surface area (Å²) in [6, 6.07) is -0.551. The lowest BCUT2D eigenvalue weighted by Crippen LogP contribution is -2.32.